The van der Waals surface area contributed by atoms with E-state index in [0.29, 0.717) is 11.3 Å². The maximum absolute atomic E-state index is 3.31. The van der Waals surface area contributed by atoms with Gasteiger partial charge in [-0.15, -0.1) is 9.24 Å². The molecule has 2 nitrogen and oxygen atoms in total. The molecule has 1 fully saturated rings. The van der Waals surface area contributed by atoms with Gasteiger partial charge in [-0.05, 0) is 13.8 Å². The molecule has 4 atom stereocenters. The Kier molecular flexibility index (Phi) is 3.21. The summed E-state index contributed by atoms with van der Waals surface area (Å²) in [5.74, 6) is 1.18. The van der Waals surface area contributed by atoms with Crippen LogP contribution in [0.3, 0.4) is 0 Å². The summed E-state index contributed by atoms with van der Waals surface area (Å²) in [5.41, 5.74) is 6.59. The van der Waals surface area contributed by atoms with Crippen LogP contribution in [0, 0.1) is 0 Å². The summed E-state index contributed by atoms with van der Waals surface area (Å²) >= 11 is 2.01. The molecule has 0 bridgehead atoms. The maximum atomic E-state index is 3.31. The molecule has 4 unspecified atom stereocenters. The Hall–Kier alpha value is 0.700. The minimum atomic E-state index is 0.120. The number of thioether (sulfide) groups is 1. The SMILES string of the molecule is CC1CSC(C)C(C)(P)NN1. The summed E-state index contributed by atoms with van der Waals surface area (Å²) < 4.78 is 0. The van der Waals surface area contributed by atoms with Gasteiger partial charge >= 0.3 is 0 Å². The van der Waals surface area contributed by atoms with Gasteiger partial charge < -0.3 is 0 Å². The number of hydrogen-bond donors (Lipinski definition) is 2. The van der Waals surface area contributed by atoms with Crippen LogP contribution in [0.5, 0.6) is 0 Å². The predicted octanol–water partition coefficient (Wildman–Crippen LogP) is 1.20. The smallest absolute Gasteiger partial charge is 0.0548 e. The molecule has 66 valence electrons. The van der Waals surface area contributed by atoms with Gasteiger partial charge in [0.25, 0.3) is 0 Å². The number of nitrogens with one attached hydrogen (secondary N) is 2. The monoisotopic (exact) mass is 192 g/mol. The van der Waals surface area contributed by atoms with E-state index >= 15 is 0 Å². The van der Waals surface area contributed by atoms with E-state index in [1.165, 1.54) is 5.75 Å². The molecule has 2 N–H and O–H groups in total. The lowest BCUT2D eigenvalue weighted by molar-refractivity contribution is 0.394. The normalized spacial score (nSPS) is 46.9. The summed E-state index contributed by atoms with van der Waals surface area (Å²) in [7, 11) is 2.86. The quantitative estimate of drug-likeness (QED) is 0.564. The second kappa shape index (κ2) is 3.61. The Labute approximate surface area is 75.4 Å². The minimum absolute atomic E-state index is 0.120. The molecule has 1 saturated heterocycles. The topological polar surface area (TPSA) is 24.1 Å². The zero-order chi connectivity index (χ0) is 8.48. The predicted molar refractivity (Wildman–Crippen MR) is 55.8 cm³/mol. The molecule has 4 heteroatoms. The summed E-state index contributed by atoms with van der Waals surface area (Å²) in [6.45, 7) is 6.64. The molecular weight excluding hydrogens is 175 g/mol. The minimum Gasteiger partial charge on any atom is -0.253 e. The van der Waals surface area contributed by atoms with E-state index in [4.69, 9.17) is 0 Å². The molecule has 0 aromatic carbocycles. The Morgan fingerprint density at radius 1 is 1.55 bits per heavy atom. The Bertz CT molecular complexity index is 140. The number of hydrazine groups is 1. The molecule has 0 radical (unpaired) electrons. The van der Waals surface area contributed by atoms with E-state index in [2.05, 4.69) is 40.9 Å². The molecule has 0 amide bonds. The molecule has 0 aromatic rings. The summed E-state index contributed by atoms with van der Waals surface area (Å²) in [6.07, 6.45) is 0. The van der Waals surface area contributed by atoms with Crippen molar-refractivity contribution in [2.24, 2.45) is 0 Å². The molecule has 11 heavy (non-hydrogen) atoms. The molecule has 1 rings (SSSR count). The molecular formula is C7H17N2PS. The third-order valence-corrected chi connectivity index (χ3v) is 4.60. The number of hydrogen-bond acceptors (Lipinski definition) is 3. The van der Waals surface area contributed by atoms with Crippen LogP contribution in [0.4, 0.5) is 0 Å². The van der Waals surface area contributed by atoms with Crippen molar-refractivity contribution >= 4 is 21.0 Å². The fraction of sp³-hybridized carbons (Fsp3) is 1.00. The van der Waals surface area contributed by atoms with Crippen LogP contribution in [-0.2, 0) is 0 Å². The first-order valence-electron chi connectivity index (χ1n) is 3.95. The van der Waals surface area contributed by atoms with Gasteiger partial charge in [0.1, 0.15) is 0 Å². The third kappa shape index (κ3) is 2.59. The fourth-order valence-electron chi connectivity index (χ4n) is 0.884. The van der Waals surface area contributed by atoms with Crippen molar-refractivity contribution < 1.29 is 0 Å². The zero-order valence-electron chi connectivity index (χ0n) is 7.35. The summed E-state index contributed by atoms with van der Waals surface area (Å²) in [6, 6.07) is 0.560. The first kappa shape index (κ1) is 9.79. The van der Waals surface area contributed by atoms with E-state index < -0.39 is 0 Å². The van der Waals surface area contributed by atoms with Gasteiger partial charge in [0.2, 0.25) is 0 Å². The molecule has 0 aromatic heterocycles. The Morgan fingerprint density at radius 3 is 2.82 bits per heavy atom. The van der Waals surface area contributed by atoms with Gasteiger partial charge in [0.05, 0.1) is 5.28 Å². The van der Waals surface area contributed by atoms with Gasteiger partial charge in [-0.25, -0.2) is 5.43 Å². The highest BCUT2D eigenvalue weighted by atomic mass is 32.2. The van der Waals surface area contributed by atoms with Gasteiger partial charge in [0, 0.05) is 17.0 Å². The Morgan fingerprint density at radius 2 is 2.18 bits per heavy atom. The van der Waals surface area contributed by atoms with Crippen LogP contribution in [-0.4, -0.2) is 22.3 Å². The molecule has 1 aliphatic rings. The highest BCUT2D eigenvalue weighted by molar-refractivity contribution is 8.00. The third-order valence-electron chi connectivity index (χ3n) is 2.03. The van der Waals surface area contributed by atoms with Gasteiger partial charge in [-0.2, -0.15) is 11.8 Å². The van der Waals surface area contributed by atoms with Crippen molar-refractivity contribution in [3.05, 3.63) is 0 Å². The van der Waals surface area contributed by atoms with Gasteiger partial charge in [-0.1, -0.05) is 6.92 Å². The van der Waals surface area contributed by atoms with Gasteiger partial charge in [-0.3, -0.25) is 5.43 Å². The number of rotatable bonds is 0. The first-order valence-corrected chi connectivity index (χ1v) is 5.58. The van der Waals surface area contributed by atoms with Crippen molar-refractivity contribution in [2.75, 3.05) is 5.75 Å². The average molecular weight is 192 g/mol. The van der Waals surface area contributed by atoms with Crippen LogP contribution in [0.15, 0.2) is 0 Å². The van der Waals surface area contributed by atoms with Crippen molar-refractivity contribution in [3.8, 4) is 0 Å². The average Bonchev–Trinajstić information content (AvgIpc) is 2.03. The molecule has 1 aliphatic heterocycles. The van der Waals surface area contributed by atoms with Crippen LogP contribution >= 0.6 is 21.0 Å². The lowest BCUT2D eigenvalue weighted by atomic mass is 10.2. The fourth-order valence-corrected chi connectivity index (χ4v) is 2.32. The molecule has 0 spiro atoms. The van der Waals surface area contributed by atoms with Crippen LogP contribution in [0.2, 0.25) is 0 Å². The zero-order valence-corrected chi connectivity index (χ0v) is 9.32. The Balaban J connectivity index is 2.56. The van der Waals surface area contributed by atoms with E-state index in [1.807, 2.05) is 11.8 Å². The van der Waals surface area contributed by atoms with Crippen LogP contribution in [0.1, 0.15) is 20.8 Å². The maximum Gasteiger partial charge on any atom is 0.0548 e. The van der Waals surface area contributed by atoms with Gasteiger partial charge in [0.15, 0.2) is 0 Å². The lowest BCUT2D eigenvalue weighted by Gasteiger charge is -2.29. The van der Waals surface area contributed by atoms with E-state index in [-0.39, 0.29) is 5.28 Å². The first-order chi connectivity index (χ1) is 5.02. The molecule has 1 heterocycles. The van der Waals surface area contributed by atoms with Crippen LogP contribution < -0.4 is 10.9 Å². The van der Waals surface area contributed by atoms with E-state index in [9.17, 15) is 0 Å². The summed E-state index contributed by atoms with van der Waals surface area (Å²) in [5, 5.41) is 0.750. The highest BCUT2D eigenvalue weighted by Crippen LogP contribution is 2.30. The molecule has 0 aliphatic carbocycles. The van der Waals surface area contributed by atoms with Crippen molar-refractivity contribution in [3.63, 3.8) is 0 Å². The van der Waals surface area contributed by atoms with Crippen molar-refractivity contribution in [1.82, 2.24) is 10.9 Å². The standard InChI is InChI=1S/C7H17N2PS/c1-5-4-11-6(2)7(3,10)9-8-5/h5-6,8-9H,4,10H2,1-3H3. The van der Waals surface area contributed by atoms with E-state index in [0.717, 1.165) is 0 Å². The second-order valence-electron chi connectivity index (χ2n) is 3.43. The van der Waals surface area contributed by atoms with E-state index in [1.54, 1.807) is 0 Å². The van der Waals surface area contributed by atoms with Crippen molar-refractivity contribution in [2.45, 2.75) is 37.3 Å². The molecule has 0 saturated carbocycles. The summed E-state index contributed by atoms with van der Waals surface area (Å²) in [4.78, 5) is 0. The van der Waals surface area contributed by atoms with Crippen LogP contribution in [0.25, 0.3) is 0 Å². The second-order valence-corrected chi connectivity index (χ2v) is 6.00. The largest absolute Gasteiger partial charge is 0.253 e. The highest BCUT2D eigenvalue weighted by Gasteiger charge is 2.29. The van der Waals surface area contributed by atoms with Crippen molar-refractivity contribution in [1.29, 1.82) is 0 Å². The lowest BCUT2D eigenvalue weighted by Crippen LogP contribution is -2.51.